The molecule has 8 heteroatoms. The fourth-order valence-corrected chi connectivity index (χ4v) is 6.01. The van der Waals surface area contributed by atoms with Crippen molar-refractivity contribution in [1.29, 1.82) is 0 Å². The van der Waals surface area contributed by atoms with Gasteiger partial charge in [0.05, 0.1) is 13.1 Å². The van der Waals surface area contributed by atoms with Gasteiger partial charge in [0, 0.05) is 23.8 Å². The third-order valence-corrected chi connectivity index (χ3v) is 8.00. The monoisotopic (exact) mass is 537 g/mol. The maximum atomic E-state index is 12.0. The zero-order chi connectivity index (χ0) is 24.6. The van der Waals surface area contributed by atoms with Crippen molar-refractivity contribution in [3.8, 4) is 5.75 Å². The summed E-state index contributed by atoms with van der Waals surface area (Å²) in [5.41, 5.74) is -0.152. The van der Waals surface area contributed by atoms with Crippen molar-refractivity contribution in [2.24, 2.45) is 5.92 Å². The summed E-state index contributed by atoms with van der Waals surface area (Å²) in [5, 5.41) is 17.0. The van der Waals surface area contributed by atoms with E-state index in [9.17, 15) is 5.11 Å². The maximum absolute atomic E-state index is 12.0. The van der Waals surface area contributed by atoms with Gasteiger partial charge >= 0.3 is 0 Å². The van der Waals surface area contributed by atoms with Crippen molar-refractivity contribution in [2.75, 3.05) is 19.6 Å². The van der Waals surface area contributed by atoms with Crippen LogP contribution in [-0.4, -0.2) is 45.5 Å². The van der Waals surface area contributed by atoms with E-state index in [2.05, 4.69) is 5.16 Å². The smallest absolute Gasteiger partial charge is 0.268 e. The van der Waals surface area contributed by atoms with E-state index in [0.29, 0.717) is 34.4 Å². The minimum atomic E-state index is -1.53. The first-order chi connectivity index (χ1) is 17.5. The summed E-state index contributed by atoms with van der Waals surface area (Å²) >= 11 is 6.17. The van der Waals surface area contributed by atoms with Crippen LogP contribution in [0.1, 0.15) is 35.7 Å². The van der Waals surface area contributed by atoms with Crippen LogP contribution in [0.5, 0.6) is 5.75 Å². The van der Waals surface area contributed by atoms with E-state index in [-0.39, 0.29) is 24.4 Å². The van der Waals surface area contributed by atoms with Crippen molar-refractivity contribution in [3.05, 3.63) is 113 Å². The highest BCUT2D eigenvalue weighted by Crippen LogP contribution is 2.39. The Labute approximate surface area is 227 Å². The number of benzene rings is 3. The van der Waals surface area contributed by atoms with Crippen LogP contribution in [0.3, 0.4) is 0 Å². The highest BCUT2D eigenvalue weighted by molar-refractivity contribution is 6.30. The number of aromatic nitrogens is 2. The molecule has 1 aromatic heterocycles. The lowest BCUT2D eigenvalue weighted by molar-refractivity contribution is -0.958. The van der Waals surface area contributed by atoms with Crippen molar-refractivity contribution >= 4 is 11.6 Å². The first-order valence-electron chi connectivity index (χ1n) is 12.5. The van der Waals surface area contributed by atoms with Gasteiger partial charge in [-0.25, -0.2) is 0 Å². The number of halogens is 2. The molecule has 4 heterocycles. The molecule has 0 saturated carbocycles. The van der Waals surface area contributed by atoms with Gasteiger partial charge in [-0.1, -0.05) is 83.5 Å². The number of aliphatic hydroxyl groups is 1. The molecule has 0 unspecified atom stereocenters. The normalized spacial score (nSPS) is 22.9. The molecule has 3 aliphatic rings. The quantitative estimate of drug-likeness (QED) is 0.366. The molecule has 4 aromatic rings. The Bertz CT molecular complexity index is 1290. The van der Waals surface area contributed by atoms with Crippen molar-refractivity contribution < 1.29 is 31.3 Å². The van der Waals surface area contributed by atoms with Crippen LogP contribution >= 0.6 is 11.6 Å². The Hall–Kier alpha value is -2.90. The van der Waals surface area contributed by atoms with Crippen LogP contribution in [0.4, 0.5) is 0 Å². The molecule has 0 aliphatic carbocycles. The lowest BCUT2D eigenvalue weighted by atomic mass is 9.83. The average Bonchev–Trinajstić information content (AvgIpc) is 3.38. The fraction of sp³-hybridized carbons (Fsp3) is 0.310. The first kappa shape index (κ1) is 25.7. The SMILES string of the molecule is OC(c1ccccc1)(c1ccccc1)c1nc(C[N+]23CCC(CC2)[C@@H](Oc2cccc(Cl)c2)C3)no1.[Cl-]. The van der Waals surface area contributed by atoms with Gasteiger partial charge < -0.3 is 31.3 Å². The summed E-state index contributed by atoms with van der Waals surface area (Å²) < 4.78 is 13.0. The second kappa shape index (κ2) is 10.5. The Morgan fingerprint density at radius 3 is 2.22 bits per heavy atom. The summed E-state index contributed by atoms with van der Waals surface area (Å²) in [6, 6.07) is 26.6. The molecule has 37 heavy (non-hydrogen) atoms. The first-order valence-corrected chi connectivity index (χ1v) is 12.9. The fourth-order valence-electron chi connectivity index (χ4n) is 5.83. The van der Waals surface area contributed by atoms with Gasteiger partial charge in [-0.05, 0) is 29.3 Å². The second-order valence-electron chi connectivity index (χ2n) is 10.0. The van der Waals surface area contributed by atoms with Gasteiger partial charge in [-0.15, -0.1) is 0 Å². The molecule has 3 saturated heterocycles. The van der Waals surface area contributed by atoms with Gasteiger partial charge in [-0.2, -0.15) is 4.98 Å². The molecule has 1 atom stereocenters. The van der Waals surface area contributed by atoms with Crippen LogP contribution in [0.25, 0.3) is 0 Å². The maximum Gasteiger partial charge on any atom is 0.268 e. The lowest BCUT2D eigenvalue weighted by Crippen LogP contribution is -3.00. The molecular weight excluding hydrogens is 509 g/mol. The molecule has 1 N–H and O–H groups in total. The molecule has 3 fully saturated rings. The van der Waals surface area contributed by atoms with E-state index < -0.39 is 5.60 Å². The molecule has 3 aliphatic heterocycles. The van der Waals surface area contributed by atoms with Crippen LogP contribution < -0.4 is 17.1 Å². The molecule has 2 bridgehead atoms. The molecular formula is C29H29Cl2N3O3. The van der Waals surface area contributed by atoms with Crippen LogP contribution in [0, 0.1) is 5.92 Å². The number of hydrogen-bond donors (Lipinski definition) is 1. The number of hydrogen-bond acceptors (Lipinski definition) is 5. The predicted molar refractivity (Wildman–Crippen MR) is 136 cm³/mol. The summed E-state index contributed by atoms with van der Waals surface area (Å²) in [5.74, 6) is 2.16. The summed E-state index contributed by atoms with van der Waals surface area (Å²) in [6.45, 7) is 3.66. The molecule has 0 radical (unpaired) electrons. The van der Waals surface area contributed by atoms with E-state index >= 15 is 0 Å². The molecule has 192 valence electrons. The average molecular weight is 538 g/mol. The number of ether oxygens (including phenoxy) is 1. The van der Waals surface area contributed by atoms with Gasteiger partial charge in [0.1, 0.15) is 18.8 Å². The summed E-state index contributed by atoms with van der Waals surface area (Å²) in [4.78, 5) is 4.76. The number of quaternary nitrogens is 1. The summed E-state index contributed by atoms with van der Waals surface area (Å²) in [7, 11) is 0. The van der Waals surface area contributed by atoms with E-state index in [0.717, 1.165) is 42.7 Å². The molecule has 0 spiro atoms. The largest absolute Gasteiger partial charge is 1.00 e. The lowest BCUT2D eigenvalue weighted by Gasteiger charge is -2.51. The van der Waals surface area contributed by atoms with Gasteiger partial charge in [0.15, 0.2) is 11.7 Å². The van der Waals surface area contributed by atoms with Crippen LogP contribution in [-0.2, 0) is 12.1 Å². The molecule has 6 nitrogen and oxygen atoms in total. The zero-order valence-corrected chi connectivity index (χ0v) is 21.9. The molecule has 3 aromatic carbocycles. The second-order valence-corrected chi connectivity index (χ2v) is 10.5. The molecule has 7 rings (SSSR count). The number of piperidine rings is 3. The van der Waals surface area contributed by atoms with Gasteiger partial charge in [0.25, 0.3) is 5.89 Å². The minimum absolute atomic E-state index is 0. The standard InChI is InChI=1S/C29H29ClN3O3.ClH/c30-24-12-7-13-25(18-24)35-26-19-33(16-14-21(26)15-17-33)20-27-31-28(36-32-27)29(34,22-8-3-1-4-9-22)23-10-5-2-6-11-23;/h1-13,18,21,26,34H,14-17,19-20H2;1H/q+1;/p-1/t21?,26-,33?;/m0./s1. The Balaban J connectivity index is 0.00000280. The number of nitrogens with zero attached hydrogens (tertiary/aromatic N) is 3. The zero-order valence-electron chi connectivity index (χ0n) is 20.3. The van der Waals surface area contributed by atoms with Crippen molar-refractivity contribution in [2.45, 2.75) is 31.1 Å². The van der Waals surface area contributed by atoms with Crippen molar-refractivity contribution in [1.82, 2.24) is 10.1 Å². The number of rotatable bonds is 7. The summed E-state index contributed by atoms with van der Waals surface area (Å²) in [6.07, 6.45) is 2.34. The third-order valence-electron chi connectivity index (χ3n) is 7.76. The third kappa shape index (κ3) is 4.99. The Morgan fingerprint density at radius 2 is 1.59 bits per heavy atom. The Kier molecular flexibility index (Phi) is 7.28. The van der Waals surface area contributed by atoms with Gasteiger partial charge in [0.2, 0.25) is 5.82 Å². The Morgan fingerprint density at radius 1 is 0.946 bits per heavy atom. The van der Waals surface area contributed by atoms with E-state index in [1.807, 2.05) is 84.9 Å². The van der Waals surface area contributed by atoms with Gasteiger partial charge in [-0.3, -0.25) is 0 Å². The topological polar surface area (TPSA) is 68.4 Å². The van der Waals surface area contributed by atoms with Crippen LogP contribution in [0.2, 0.25) is 5.02 Å². The van der Waals surface area contributed by atoms with E-state index in [1.54, 1.807) is 0 Å². The van der Waals surface area contributed by atoms with Crippen molar-refractivity contribution in [3.63, 3.8) is 0 Å². The highest BCUT2D eigenvalue weighted by Gasteiger charge is 2.48. The van der Waals surface area contributed by atoms with E-state index in [4.69, 9.17) is 25.8 Å². The van der Waals surface area contributed by atoms with E-state index in [1.165, 1.54) is 0 Å². The number of fused-ring (bicyclic) bond motifs is 3. The van der Waals surface area contributed by atoms with Crippen LogP contribution in [0.15, 0.2) is 89.5 Å². The molecule has 0 amide bonds. The predicted octanol–water partition coefficient (Wildman–Crippen LogP) is 2.20. The minimum Gasteiger partial charge on any atom is -1.00 e. The highest BCUT2D eigenvalue weighted by atomic mass is 35.5.